The Kier molecular flexibility index (Phi) is 4.28. The van der Waals surface area contributed by atoms with Crippen LogP contribution in [0.4, 0.5) is 0 Å². The minimum atomic E-state index is -3.20. The van der Waals surface area contributed by atoms with Crippen molar-refractivity contribution in [2.75, 3.05) is 26.1 Å². The third-order valence-corrected chi connectivity index (χ3v) is 7.18. The van der Waals surface area contributed by atoms with Crippen molar-refractivity contribution in [3.05, 3.63) is 16.9 Å². The van der Waals surface area contributed by atoms with E-state index in [0.717, 1.165) is 10.2 Å². The van der Waals surface area contributed by atoms with Crippen molar-refractivity contribution in [1.82, 2.24) is 8.87 Å². The Morgan fingerprint density at radius 3 is 2.54 bits per heavy atom. The summed E-state index contributed by atoms with van der Waals surface area (Å²) >= 11 is 1.42. The largest absolute Gasteiger partial charge is 0.454 e. The number of sulfonamides is 1. The Morgan fingerprint density at radius 2 is 1.88 bits per heavy atom. The van der Waals surface area contributed by atoms with Crippen molar-refractivity contribution in [2.45, 2.75) is 12.8 Å². The molecule has 0 atom stereocenters. The second-order valence-corrected chi connectivity index (χ2v) is 9.49. The standard InChI is InChI=1S/C16H19N3O5S2/c1-18-11-7-12-13(24-9-23-12)8-14(11)25-16(18)17-15(20)10-3-5-19(6-4-10)26(2,21)22/h7-8,10H,3-6,9H2,1-2H3. The first kappa shape index (κ1) is 17.5. The molecule has 3 heterocycles. The molecule has 0 radical (unpaired) electrons. The summed E-state index contributed by atoms with van der Waals surface area (Å²) in [5, 5.41) is 0. The average Bonchev–Trinajstić information content (AvgIpc) is 3.17. The molecule has 0 spiro atoms. The number of fused-ring (bicyclic) bond motifs is 2. The zero-order valence-corrected chi connectivity index (χ0v) is 16.1. The van der Waals surface area contributed by atoms with E-state index < -0.39 is 10.0 Å². The maximum absolute atomic E-state index is 12.6. The van der Waals surface area contributed by atoms with Crippen LogP contribution in [-0.2, 0) is 21.9 Å². The van der Waals surface area contributed by atoms with Gasteiger partial charge in [0.05, 0.1) is 16.5 Å². The van der Waals surface area contributed by atoms with E-state index in [4.69, 9.17) is 9.47 Å². The highest BCUT2D eigenvalue weighted by Gasteiger charge is 2.29. The van der Waals surface area contributed by atoms with E-state index in [1.54, 1.807) is 0 Å². The molecule has 0 bridgehead atoms. The Labute approximate surface area is 154 Å². The van der Waals surface area contributed by atoms with Crippen molar-refractivity contribution in [3.63, 3.8) is 0 Å². The number of carbonyl (C=O) groups is 1. The van der Waals surface area contributed by atoms with Gasteiger partial charge in [-0.3, -0.25) is 4.79 Å². The van der Waals surface area contributed by atoms with Crippen molar-refractivity contribution in [2.24, 2.45) is 18.0 Å². The highest BCUT2D eigenvalue weighted by Crippen LogP contribution is 2.36. The van der Waals surface area contributed by atoms with Crippen LogP contribution >= 0.6 is 11.3 Å². The van der Waals surface area contributed by atoms with Crippen LogP contribution in [-0.4, -0.2) is 49.3 Å². The summed E-state index contributed by atoms with van der Waals surface area (Å²) in [5.74, 6) is 0.956. The lowest BCUT2D eigenvalue weighted by atomic mass is 9.98. The predicted octanol–water partition coefficient (Wildman–Crippen LogP) is 1.07. The summed E-state index contributed by atoms with van der Waals surface area (Å²) in [5.41, 5.74) is 0.928. The van der Waals surface area contributed by atoms with Gasteiger partial charge in [0.25, 0.3) is 5.91 Å². The van der Waals surface area contributed by atoms with Gasteiger partial charge in [0.1, 0.15) is 0 Å². The average molecular weight is 397 g/mol. The Morgan fingerprint density at radius 1 is 1.23 bits per heavy atom. The zero-order valence-electron chi connectivity index (χ0n) is 14.5. The Bertz CT molecular complexity index is 1050. The van der Waals surface area contributed by atoms with Crippen LogP contribution in [0.3, 0.4) is 0 Å². The summed E-state index contributed by atoms with van der Waals surface area (Å²) < 4.78 is 38.2. The lowest BCUT2D eigenvalue weighted by Crippen LogP contribution is -2.39. The van der Waals surface area contributed by atoms with Crippen LogP contribution in [0.1, 0.15) is 12.8 Å². The number of ether oxygens (including phenoxy) is 2. The van der Waals surface area contributed by atoms with E-state index in [1.807, 2.05) is 23.7 Å². The molecular weight excluding hydrogens is 378 g/mol. The predicted molar refractivity (Wildman–Crippen MR) is 96.6 cm³/mol. The van der Waals surface area contributed by atoms with Gasteiger partial charge in [-0.1, -0.05) is 11.3 Å². The van der Waals surface area contributed by atoms with Crippen LogP contribution in [0.2, 0.25) is 0 Å². The van der Waals surface area contributed by atoms with Crippen LogP contribution in [0.25, 0.3) is 10.2 Å². The van der Waals surface area contributed by atoms with Crippen LogP contribution in [0.5, 0.6) is 11.5 Å². The first-order valence-corrected chi connectivity index (χ1v) is 10.9. The van der Waals surface area contributed by atoms with Gasteiger partial charge in [0.2, 0.25) is 16.8 Å². The van der Waals surface area contributed by atoms with Crippen LogP contribution in [0, 0.1) is 5.92 Å². The number of thiazole rings is 1. The third kappa shape index (κ3) is 3.12. The highest BCUT2D eigenvalue weighted by atomic mass is 32.2. The van der Waals surface area contributed by atoms with Gasteiger partial charge in [-0.15, -0.1) is 0 Å². The zero-order chi connectivity index (χ0) is 18.5. The summed E-state index contributed by atoms with van der Waals surface area (Å²) in [6, 6.07) is 3.79. The molecule has 0 N–H and O–H groups in total. The van der Waals surface area contributed by atoms with E-state index in [0.29, 0.717) is 42.2 Å². The van der Waals surface area contributed by atoms with E-state index in [9.17, 15) is 13.2 Å². The van der Waals surface area contributed by atoms with Crippen molar-refractivity contribution in [1.29, 1.82) is 0 Å². The highest BCUT2D eigenvalue weighted by molar-refractivity contribution is 7.88. The van der Waals surface area contributed by atoms with E-state index in [-0.39, 0.29) is 18.6 Å². The van der Waals surface area contributed by atoms with Gasteiger partial charge in [0.15, 0.2) is 16.3 Å². The fourth-order valence-electron chi connectivity index (χ4n) is 3.24. The Hall–Kier alpha value is -1.91. The van der Waals surface area contributed by atoms with Crippen molar-refractivity contribution < 1.29 is 22.7 Å². The van der Waals surface area contributed by atoms with Crippen LogP contribution < -0.4 is 14.3 Å². The quantitative estimate of drug-likeness (QED) is 0.756. The number of aromatic nitrogens is 1. The van der Waals surface area contributed by atoms with Crippen LogP contribution in [0.15, 0.2) is 17.1 Å². The maximum Gasteiger partial charge on any atom is 0.251 e. The molecule has 0 aliphatic carbocycles. The summed E-state index contributed by atoms with van der Waals surface area (Å²) in [7, 11) is -1.34. The second kappa shape index (κ2) is 6.36. The smallest absolute Gasteiger partial charge is 0.251 e. The van der Waals surface area contributed by atoms with Gasteiger partial charge >= 0.3 is 0 Å². The number of carbonyl (C=O) groups excluding carboxylic acids is 1. The van der Waals surface area contributed by atoms with Gasteiger partial charge in [-0.25, -0.2) is 12.7 Å². The molecule has 0 saturated carbocycles. The van der Waals surface area contributed by atoms with E-state index >= 15 is 0 Å². The molecule has 10 heteroatoms. The lowest BCUT2D eigenvalue weighted by Gasteiger charge is -2.28. The molecule has 140 valence electrons. The molecule has 1 fully saturated rings. The molecule has 1 aromatic heterocycles. The minimum Gasteiger partial charge on any atom is -0.454 e. The normalized spacial score (nSPS) is 19.4. The van der Waals surface area contributed by atoms with Crippen molar-refractivity contribution in [3.8, 4) is 11.5 Å². The number of amides is 1. The summed E-state index contributed by atoms with van der Waals surface area (Å²) in [6.07, 6.45) is 2.20. The molecule has 1 aromatic carbocycles. The number of aryl methyl sites for hydroxylation is 1. The summed E-state index contributed by atoms with van der Waals surface area (Å²) in [4.78, 5) is 17.5. The van der Waals surface area contributed by atoms with Gasteiger partial charge in [-0.2, -0.15) is 4.99 Å². The number of piperidine rings is 1. The number of nitrogens with zero attached hydrogens (tertiary/aromatic N) is 3. The topological polar surface area (TPSA) is 90.2 Å². The van der Waals surface area contributed by atoms with Crippen molar-refractivity contribution >= 4 is 37.5 Å². The fourth-order valence-corrected chi connectivity index (χ4v) is 5.15. The van der Waals surface area contributed by atoms with Gasteiger partial charge in [-0.05, 0) is 12.8 Å². The first-order valence-electron chi connectivity index (χ1n) is 8.26. The molecule has 1 saturated heterocycles. The van der Waals surface area contributed by atoms with E-state index in [2.05, 4.69) is 4.99 Å². The molecule has 0 unspecified atom stereocenters. The lowest BCUT2D eigenvalue weighted by molar-refractivity contribution is -0.122. The second-order valence-electron chi connectivity index (χ2n) is 6.50. The monoisotopic (exact) mass is 397 g/mol. The molecular formula is C16H19N3O5S2. The fraction of sp³-hybridized carbons (Fsp3) is 0.500. The molecule has 2 aliphatic rings. The van der Waals surface area contributed by atoms with Gasteiger partial charge < -0.3 is 14.0 Å². The number of benzene rings is 1. The first-order chi connectivity index (χ1) is 12.3. The third-order valence-electron chi connectivity index (χ3n) is 4.78. The molecule has 26 heavy (non-hydrogen) atoms. The SMILES string of the molecule is Cn1c(=NC(=O)C2CCN(S(C)(=O)=O)CC2)sc2cc3c(cc21)OCO3. The number of hydrogen-bond acceptors (Lipinski definition) is 6. The molecule has 2 aromatic rings. The van der Waals surface area contributed by atoms with Gasteiger partial charge in [0, 0.05) is 38.2 Å². The number of rotatable bonds is 2. The Balaban J connectivity index is 1.59. The molecule has 8 nitrogen and oxygen atoms in total. The maximum atomic E-state index is 12.6. The summed E-state index contributed by atoms with van der Waals surface area (Å²) in [6.45, 7) is 0.952. The minimum absolute atomic E-state index is 0.194. The molecule has 1 amide bonds. The van der Waals surface area contributed by atoms with E-state index in [1.165, 1.54) is 21.9 Å². The molecule has 4 rings (SSSR count). The number of hydrogen-bond donors (Lipinski definition) is 0. The molecule has 2 aliphatic heterocycles.